The lowest BCUT2D eigenvalue weighted by molar-refractivity contribution is 0.557. The number of unbranched alkanes of at least 4 members (excludes halogenated alkanes) is 4. The van der Waals surface area contributed by atoms with Gasteiger partial charge in [0.25, 0.3) is 0 Å². The third-order valence-corrected chi connectivity index (χ3v) is 13.3. The topological polar surface area (TPSA) is 67.6 Å². The van der Waals surface area contributed by atoms with Crippen molar-refractivity contribution in [1.29, 1.82) is 0 Å². The maximum atomic E-state index is 4.96. The number of aromatic nitrogens is 4. The van der Waals surface area contributed by atoms with Crippen LogP contribution in [0, 0.1) is 33.1 Å². The van der Waals surface area contributed by atoms with Crippen molar-refractivity contribution in [2.24, 2.45) is 0 Å². The van der Waals surface area contributed by atoms with Crippen molar-refractivity contribution in [2.75, 3.05) is 0 Å². The summed E-state index contributed by atoms with van der Waals surface area (Å²) in [5, 5.41) is 4.41. The molecule has 0 amide bonds. The van der Waals surface area contributed by atoms with Gasteiger partial charge < -0.3 is 9.40 Å². The van der Waals surface area contributed by atoms with Gasteiger partial charge in [-0.25, -0.2) is 4.98 Å². The molecule has 12 rings (SSSR count). The molecule has 0 saturated carbocycles. The predicted molar refractivity (Wildman–Crippen MR) is 486 cm³/mol. The van der Waals surface area contributed by atoms with Crippen LogP contribution in [0.3, 0.4) is 0 Å². The number of terminal acetylenes is 1. The second-order valence-electron chi connectivity index (χ2n) is 21.9. The molecule has 0 aliphatic rings. The van der Waals surface area contributed by atoms with Crippen molar-refractivity contribution in [2.45, 2.75) is 155 Å². The van der Waals surface area contributed by atoms with E-state index < -0.39 is 0 Å². The van der Waals surface area contributed by atoms with Gasteiger partial charge in [0.1, 0.15) is 5.76 Å². The molecule has 0 radical (unpaired) electrons. The van der Waals surface area contributed by atoms with Crippen LogP contribution in [0.15, 0.2) is 336 Å². The Morgan fingerprint density at radius 2 is 0.906 bits per heavy atom. The predicted octanol–water partition coefficient (Wildman–Crippen LogP) is 31.8. The van der Waals surface area contributed by atoms with Gasteiger partial charge in [-0.05, 0) is 141 Å². The van der Waals surface area contributed by atoms with E-state index in [1.54, 1.807) is 54.3 Å². The molecule has 5 nitrogen and oxygen atoms in total. The minimum Gasteiger partial charge on any atom is -0.465 e. The highest BCUT2D eigenvalue weighted by molar-refractivity contribution is 7.10. The molecule has 0 aliphatic heterocycles. The summed E-state index contributed by atoms with van der Waals surface area (Å²) in [6.45, 7) is 56.1. The zero-order chi connectivity index (χ0) is 78.9. The summed E-state index contributed by atoms with van der Waals surface area (Å²) in [5.74, 6) is 3.39. The lowest BCUT2D eigenvalue weighted by atomic mass is 10.2. The van der Waals surface area contributed by atoms with Crippen LogP contribution in [-0.4, -0.2) is 19.9 Å². The van der Waals surface area contributed by atoms with Crippen LogP contribution >= 0.6 is 11.3 Å². The fourth-order valence-corrected chi connectivity index (χ4v) is 7.41. The standard InChI is InChI=1S/C11H9N.C10H9N.C9H10.C8H8.C7H7N.C7H8.C6H7N.C6H6O.C6H6S.C6H6.C6H10.C5H10.C4H10.2C3H8.C2H6.CH4/c1-2-10-8-7-9-5-3-4-6-11(9)12-10;1-8-6-7-9-4-2-3-5-10(9)11-8;1-3-9-6-4-8(2)5-7-9;1-2-8-6-4-3-5-7-8;1-2-7-3-5-8-6-4-7;1-7-5-3-2-4-6-7;3*1-2-6-4-3-5-7-6;1-2-4-6-5-3-1;1-3-5-6-4-2;1-3-5-4-2;1-3-4-2;2*1-3-2;1-2;/h2-8H,1H2;2-7H,1H3;3-7H,1H2,2H3;2-7H,1H2;2-6H,1H2;2-6H,1H3;2-5,7H,1H2;2*2-5H,1H2;1-6H;1H,4-6H2,2H3;3H,1,4-5H2,2H3;3-4H2,1-2H3;2*3H2,1-2H3;1-2H3;1H4. The molecule has 1 N–H and O–H groups in total. The number of furan rings is 1. The van der Waals surface area contributed by atoms with Crippen molar-refractivity contribution in [1.82, 2.24) is 19.9 Å². The first-order chi connectivity index (χ1) is 51.2. The monoisotopic (exact) mass is 1440 g/mol. The van der Waals surface area contributed by atoms with E-state index in [9.17, 15) is 0 Å². The van der Waals surface area contributed by atoms with Gasteiger partial charge in [-0.1, -0.05) is 379 Å². The van der Waals surface area contributed by atoms with Gasteiger partial charge in [0.2, 0.25) is 0 Å². The fraction of sp³-hybridized carbons (Fsp3) is 0.230. The Hall–Kier alpha value is -11.0. The highest BCUT2D eigenvalue weighted by Gasteiger charge is 1.94. The normalized spacial score (nSPS) is 8.42. The van der Waals surface area contributed by atoms with Gasteiger partial charge in [0, 0.05) is 52.0 Å². The van der Waals surface area contributed by atoms with Gasteiger partial charge >= 0.3 is 0 Å². The van der Waals surface area contributed by atoms with E-state index in [4.69, 9.17) is 10.8 Å². The molecule has 0 bridgehead atoms. The zero-order valence-corrected chi connectivity index (χ0v) is 67.2. The molecule has 6 heteroatoms. The van der Waals surface area contributed by atoms with E-state index >= 15 is 0 Å². The minimum atomic E-state index is 0. The van der Waals surface area contributed by atoms with Crippen LogP contribution in [-0.2, 0) is 0 Å². The van der Waals surface area contributed by atoms with E-state index in [-0.39, 0.29) is 7.43 Å². The SMILES string of the molecule is C.C#CCCCC.C=CCCC.C=Cc1ccc(C)cc1.C=Cc1ccc2ccccc2n1.C=Cc1ccc[nH]1.C=Cc1ccccc1.C=Cc1ccco1.C=Cc1cccs1.C=Cc1ccncc1.CC.CCC.CCC.CCCC.Cc1ccc2ccccc2n1.Cc1ccccc1.c1ccccc1. The van der Waals surface area contributed by atoms with E-state index in [1.165, 1.54) is 82.8 Å². The van der Waals surface area contributed by atoms with Crippen molar-refractivity contribution >= 4 is 75.7 Å². The number of nitrogens with zero attached hydrogens (tertiary/aromatic N) is 3. The fourth-order valence-electron chi connectivity index (χ4n) is 6.84. The number of fused-ring (bicyclic) bond motifs is 2. The van der Waals surface area contributed by atoms with Gasteiger partial charge in [-0.15, -0.1) is 30.3 Å². The third kappa shape index (κ3) is 65.1. The number of benzene rings is 6. The number of H-pyrrole nitrogens is 1. The Balaban J connectivity index is -0.000000347. The van der Waals surface area contributed by atoms with E-state index in [0.717, 1.165) is 52.3 Å². The first-order valence-electron chi connectivity index (χ1n) is 36.6. The number of para-hydroxylation sites is 2. The molecule has 0 spiro atoms. The number of rotatable bonds is 12. The number of pyridine rings is 3. The first-order valence-corrected chi connectivity index (χ1v) is 37.4. The quantitative estimate of drug-likeness (QED) is 0.0752. The maximum Gasteiger partial charge on any atom is 0.126 e. The summed E-state index contributed by atoms with van der Waals surface area (Å²) in [6.07, 6.45) is 37.3. The van der Waals surface area contributed by atoms with Crippen molar-refractivity contribution in [3.05, 3.63) is 387 Å². The Bertz CT molecular complexity index is 3700. The van der Waals surface area contributed by atoms with Crippen molar-refractivity contribution < 1.29 is 4.42 Å². The molecule has 6 heterocycles. The molecule has 0 atom stereocenters. The molecule has 564 valence electrons. The number of allylic oxidation sites excluding steroid dienone is 1. The van der Waals surface area contributed by atoms with Crippen LogP contribution in [0.2, 0.25) is 0 Å². The number of hydrogen-bond acceptors (Lipinski definition) is 5. The average Bonchev–Trinajstić information content (AvgIpc) is 1.79. The second-order valence-corrected chi connectivity index (χ2v) is 22.8. The highest BCUT2D eigenvalue weighted by Crippen LogP contribution is 2.13. The zero-order valence-electron chi connectivity index (χ0n) is 66.4. The molecule has 6 aromatic heterocycles. The van der Waals surface area contributed by atoms with Crippen LogP contribution in [0.1, 0.15) is 190 Å². The Morgan fingerprint density at radius 3 is 1.23 bits per heavy atom. The van der Waals surface area contributed by atoms with Crippen LogP contribution < -0.4 is 0 Å². The van der Waals surface area contributed by atoms with Gasteiger partial charge in [-0.2, -0.15) is 0 Å². The molecule has 106 heavy (non-hydrogen) atoms. The van der Waals surface area contributed by atoms with Crippen LogP contribution in [0.4, 0.5) is 0 Å². The van der Waals surface area contributed by atoms with E-state index in [0.29, 0.717) is 0 Å². The molecule has 6 aromatic carbocycles. The number of aromatic amines is 1. The summed E-state index contributed by atoms with van der Waals surface area (Å²) in [7, 11) is 0. The van der Waals surface area contributed by atoms with E-state index in [2.05, 4.69) is 208 Å². The number of nitrogens with one attached hydrogen (secondary N) is 1. The van der Waals surface area contributed by atoms with Gasteiger partial charge in [0.15, 0.2) is 0 Å². The number of hydrogen-bond donors (Lipinski definition) is 1. The number of aryl methyl sites for hydroxylation is 3. The van der Waals surface area contributed by atoms with Gasteiger partial charge in [-0.3, -0.25) is 9.97 Å². The summed E-state index contributed by atoms with van der Waals surface area (Å²) >= 11 is 1.70. The minimum absolute atomic E-state index is 0. The smallest absolute Gasteiger partial charge is 0.126 e. The maximum absolute atomic E-state index is 4.96. The molecule has 0 aliphatic carbocycles. The number of thiophene rings is 1. The lowest BCUT2D eigenvalue weighted by Gasteiger charge is -1.96. The summed E-state index contributed by atoms with van der Waals surface area (Å²) in [4.78, 5) is 16.8. The van der Waals surface area contributed by atoms with E-state index in [1.807, 2.05) is 239 Å². The van der Waals surface area contributed by atoms with Crippen molar-refractivity contribution in [3.63, 3.8) is 0 Å². The molecular formula is C100H132N4OS. The molecule has 12 aromatic rings. The molecule has 0 fully saturated rings. The largest absolute Gasteiger partial charge is 0.465 e. The summed E-state index contributed by atoms with van der Waals surface area (Å²) < 4.78 is 4.86. The molecular weight excluding hydrogens is 1310 g/mol. The average molecular weight is 1440 g/mol. The Labute approximate surface area is 650 Å². The summed E-state index contributed by atoms with van der Waals surface area (Å²) in [5.41, 5.74) is 11.2. The lowest BCUT2D eigenvalue weighted by Crippen LogP contribution is -1.81. The third-order valence-electron chi connectivity index (χ3n) is 12.5. The molecule has 0 saturated heterocycles. The van der Waals surface area contributed by atoms with Crippen LogP contribution in [0.25, 0.3) is 64.3 Å². The highest BCUT2D eigenvalue weighted by atomic mass is 32.1. The Kier molecular flexibility index (Phi) is 79.5. The Morgan fingerprint density at radius 1 is 0.434 bits per heavy atom. The van der Waals surface area contributed by atoms with Crippen LogP contribution in [0.5, 0.6) is 0 Å². The molecule has 0 unspecified atom stereocenters. The van der Waals surface area contributed by atoms with Crippen molar-refractivity contribution in [3.8, 4) is 12.3 Å². The summed E-state index contributed by atoms with van der Waals surface area (Å²) in [6, 6.07) is 80.4. The second kappa shape index (κ2) is 81.3. The first kappa shape index (κ1) is 104. The van der Waals surface area contributed by atoms with Gasteiger partial charge in [0.05, 0.1) is 23.0 Å².